The van der Waals surface area contributed by atoms with Crippen LogP contribution < -0.4 is 5.32 Å². The van der Waals surface area contributed by atoms with Gasteiger partial charge in [0.1, 0.15) is 0 Å². The third kappa shape index (κ3) is 4.75. The lowest BCUT2D eigenvalue weighted by Crippen LogP contribution is -2.17. The Morgan fingerprint density at radius 3 is 1.65 bits per heavy atom. The maximum absolute atomic E-state index is 12.8. The molecule has 2 rings (SSSR count). The summed E-state index contributed by atoms with van der Waals surface area (Å²) in [6.07, 6.45) is -10.1. The fourth-order valence-electron chi connectivity index (χ4n) is 1.90. The highest BCUT2D eigenvalue weighted by molar-refractivity contribution is 6.44. The van der Waals surface area contributed by atoms with Gasteiger partial charge in [0.15, 0.2) is 0 Å². The molecule has 0 aliphatic carbocycles. The smallest absolute Gasteiger partial charge is 0.321 e. The van der Waals surface area contributed by atoms with Crippen LogP contribution in [0.2, 0.25) is 15.1 Å². The molecule has 2 aromatic carbocycles. The Balaban J connectivity index is 2.47. The van der Waals surface area contributed by atoms with E-state index >= 15 is 0 Å². The molecule has 140 valence electrons. The highest BCUT2D eigenvalue weighted by Gasteiger charge is 2.37. The number of nitrogens with one attached hydrogen (secondary N) is 1. The minimum atomic E-state index is -5.07. The summed E-state index contributed by atoms with van der Waals surface area (Å²) < 4.78 is 77.0. The Morgan fingerprint density at radius 1 is 0.731 bits per heavy atom. The lowest BCUT2D eigenvalue weighted by Gasteiger charge is -2.14. The van der Waals surface area contributed by atoms with E-state index in [0.29, 0.717) is 12.1 Å². The van der Waals surface area contributed by atoms with E-state index in [4.69, 9.17) is 34.8 Å². The highest BCUT2D eigenvalue weighted by atomic mass is 35.5. The van der Waals surface area contributed by atoms with Crippen LogP contribution in [0.15, 0.2) is 30.3 Å². The summed E-state index contributed by atoms with van der Waals surface area (Å²) in [6.45, 7) is 0. The summed E-state index contributed by atoms with van der Waals surface area (Å²) in [6, 6.07) is 2.80. The van der Waals surface area contributed by atoms with Crippen molar-refractivity contribution in [2.75, 3.05) is 5.32 Å². The molecule has 2 nitrogen and oxygen atoms in total. The molecule has 0 heterocycles. The summed E-state index contributed by atoms with van der Waals surface area (Å²) in [7, 11) is 0. The van der Waals surface area contributed by atoms with Crippen LogP contribution in [0.1, 0.15) is 21.5 Å². The first kappa shape index (κ1) is 20.7. The average Bonchev–Trinajstić information content (AvgIpc) is 2.50. The second-order valence-corrected chi connectivity index (χ2v) is 6.22. The van der Waals surface area contributed by atoms with E-state index in [1.165, 1.54) is 0 Å². The van der Waals surface area contributed by atoms with E-state index in [1.54, 1.807) is 0 Å². The SMILES string of the molecule is O=C(Nc1cc(Cl)c(Cl)cc1Cl)c1cc(C(F)(F)F)cc(C(F)(F)F)c1. The molecular weight excluding hydrogens is 431 g/mol. The molecular formula is C15H6Cl3F6NO. The first-order valence-electron chi connectivity index (χ1n) is 6.54. The number of benzene rings is 2. The van der Waals surface area contributed by atoms with Crippen LogP contribution in [0.4, 0.5) is 32.0 Å². The number of amides is 1. The van der Waals surface area contributed by atoms with Crippen LogP contribution in [0.5, 0.6) is 0 Å². The van der Waals surface area contributed by atoms with Gasteiger partial charge >= 0.3 is 12.4 Å². The Kier molecular flexibility index (Phi) is 5.70. The summed E-state index contributed by atoms with van der Waals surface area (Å²) >= 11 is 17.3. The van der Waals surface area contributed by atoms with Crippen molar-refractivity contribution in [3.05, 3.63) is 62.1 Å². The van der Waals surface area contributed by atoms with Gasteiger partial charge in [-0.3, -0.25) is 4.79 Å². The van der Waals surface area contributed by atoms with E-state index in [-0.39, 0.29) is 26.8 Å². The topological polar surface area (TPSA) is 29.1 Å². The lowest BCUT2D eigenvalue weighted by molar-refractivity contribution is -0.143. The Hall–Kier alpha value is -1.64. The number of rotatable bonds is 2. The molecule has 26 heavy (non-hydrogen) atoms. The van der Waals surface area contributed by atoms with Gasteiger partial charge in [-0.2, -0.15) is 26.3 Å². The largest absolute Gasteiger partial charge is 0.416 e. The maximum atomic E-state index is 12.8. The van der Waals surface area contributed by atoms with Crippen molar-refractivity contribution in [2.45, 2.75) is 12.4 Å². The second-order valence-electron chi connectivity index (χ2n) is 4.99. The molecule has 1 N–H and O–H groups in total. The Morgan fingerprint density at radius 2 is 1.19 bits per heavy atom. The standard InChI is InChI=1S/C15H6Cl3F6NO/c16-9-4-11(18)12(5-10(9)17)25-13(26)6-1-7(14(19,20)21)3-8(2-6)15(22,23)24/h1-5H,(H,25,26). The van der Waals surface area contributed by atoms with Crippen LogP contribution in [-0.2, 0) is 12.4 Å². The molecule has 0 spiro atoms. The summed E-state index contributed by atoms with van der Waals surface area (Å²) in [4.78, 5) is 12.1. The van der Waals surface area contributed by atoms with Crippen LogP contribution in [-0.4, -0.2) is 5.91 Å². The molecule has 0 saturated carbocycles. The number of hydrogen-bond acceptors (Lipinski definition) is 1. The number of carbonyl (C=O) groups excluding carboxylic acids is 1. The highest BCUT2D eigenvalue weighted by Crippen LogP contribution is 2.37. The monoisotopic (exact) mass is 435 g/mol. The molecule has 1 amide bonds. The van der Waals surface area contributed by atoms with Gasteiger partial charge < -0.3 is 5.32 Å². The average molecular weight is 437 g/mol. The maximum Gasteiger partial charge on any atom is 0.416 e. The number of halogens is 9. The van der Waals surface area contributed by atoms with Crippen LogP contribution in [0.3, 0.4) is 0 Å². The summed E-state index contributed by atoms with van der Waals surface area (Å²) in [5.41, 5.74) is -4.21. The number of alkyl halides is 6. The van der Waals surface area contributed by atoms with Gasteiger partial charge in [-0.25, -0.2) is 0 Å². The van der Waals surface area contributed by atoms with Gasteiger partial charge in [0.05, 0.1) is 31.9 Å². The predicted molar refractivity (Wildman–Crippen MR) is 85.9 cm³/mol. The minimum absolute atomic E-state index is 0.0219. The molecule has 0 fully saturated rings. The minimum Gasteiger partial charge on any atom is -0.321 e. The fourth-order valence-corrected chi connectivity index (χ4v) is 2.49. The molecule has 0 unspecified atom stereocenters. The zero-order valence-electron chi connectivity index (χ0n) is 12.2. The first-order valence-corrected chi connectivity index (χ1v) is 7.68. The molecule has 0 saturated heterocycles. The van der Waals surface area contributed by atoms with Crippen molar-refractivity contribution in [1.82, 2.24) is 0 Å². The van der Waals surface area contributed by atoms with Crippen molar-refractivity contribution < 1.29 is 31.1 Å². The zero-order valence-corrected chi connectivity index (χ0v) is 14.5. The lowest BCUT2D eigenvalue weighted by atomic mass is 10.0. The van der Waals surface area contributed by atoms with E-state index in [2.05, 4.69) is 5.32 Å². The molecule has 0 bridgehead atoms. The predicted octanol–water partition coefficient (Wildman–Crippen LogP) is 6.94. The van der Waals surface area contributed by atoms with Gasteiger partial charge in [-0.05, 0) is 30.3 Å². The third-order valence-corrected chi connectivity index (χ3v) is 4.14. The normalized spacial score (nSPS) is 12.2. The van der Waals surface area contributed by atoms with Gasteiger partial charge in [-0.15, -0.1) is 0 Å². The van der Waals surface area contributed by atoms with E-state index in [1.807, 2.05) is 0 Å². The molecule has 11 heteroatoms. The quantitative estimate of drug-likeness (QED) is 0.401. The fraction of sp³-hybridized carbons (Fsp3) is 0.133. The van der Waals surface area contributed by atoms with Crippen molar-refractivity contribution in [2.24, 2.45) is 0 Å². The molecule has 0 aromatic heterocycles. The summed E-state index contributed by atoms with van der Waals surface area (Å²) in [5.74, 6) is -1.23. The van der Waals surface area contributed by atoms with E-state index in [9.17, 15) is 31.1 Å². The molecule has 0 atom stereocenters. The van der Waals surface area contributed by atoms with Crippen molar-refractivity contribution >= 4 is 46.4 Å². The van der Waals surface area contributed by atoms with E-state index in [0.717, 1.165) is 12.1 Å². The number of anilines is 1. The van der Waals surface area contributed by atoms with Crippen molar-refractivity contribution in [1.29, 1.82) is 0 Å². The molecule has 0 radical (unpaired) electrons. The van der Waals surface area contributed by atoms with Crippen LogP contribution >= 0.6 is 34.8 Å². The van der Waals surface area contributed by atoms with Gasteiger partial charge in [0.25, 0.3) is 5.91 Å². The molecule has 0 aliphatic heterocycles. The summed E-state index contributed by atoms with van der Waals surface area (Å²) in [5, 5.41) is 2.03. The number of carbonyl (C=O) groups is 1. The third-order valence-electron chi connectivity index (χ3n) is 3.11. The van der Waals surface area contributed by atoms with E-state index < -0.39 is 35.0 Å². The van der Waals surface area contributed by atoms with Crippen LogP contribution in [0.25, 0.3) is 0 Å². The second kappa shape index (κ2) is 7.17. The Bertz CT molecular complexity index is 831. The zero-order chi connectivity index (χ0) is 19.9. The van der Waals surface area contributed by atoms with Crippen molar-refractivity contribution in [3.8, 4) is 0 Å². The molecule has 2 aromatic rings. The molecule has 0 aliphatic rings. The first-order chi connectivity index (χ1) is 11.8. The van der Waals surface area contributed by atoms with Crippen molar-refractivity contribution in [3.63, 3.8) is 0 Å². The van der Waals surface area contributed by atoms with Crippen LogP contribution in [0, 0.1) is 0 Å². The van der Waals surface area contributed by atoms with Gasteiger partial charge in [0, 0.05) is 5.56 Å². The van der Waals surface area contributed by atoms with Gasteiger partial charge in [-0.1, -0.05) is 34.8 Å². The number of hydrogen-bond donors (Lipinski definition) is 1. The Labute approximate surface area is 157 Å². The van der Waals surface area contributed by atoms with Gasteiger partial charge in [0.2, 0.25) is 0 Å².